The molecular formula is C49H97NO7P+. The van der Waals surface area contributed by atoms with Crippen molar-refractivity contribution in [3.8, 4) is 0 Å². The van der Waals surface area contributed by atoms with Crippen LogP contribution in [0.2, 0.25) is 0 Å². The molecule has 344 valence electrons. The van der Waals surface area contributed by atoms with Gasteiger partial charge in [-0.25, -0.2) is 4.57 Å². The van der Waals surface area contributed by atoms with E-state index in [9.17, 15) is 14.3 Å². The quantitative estimate of drug-likeness (QED) is 0.0215. The number of carbonyl (C=O) groups excluding carboxylic acids is 1. The van der Waals surface area contributed by atoms with Crippen LogP contribution in [0.15, 0.2) is 24.3 Å². The lowest BCUT2D eigenvalue weighted by molar-refractivity contribution is -0.870. The largest absolute Gasteiger partial charge is 0.472 e. The van der Waals surface area contributed by atoms with Gasteiger partial charge in [-0.15, -0.1) is 0 Å². The molecule has 0 aliphatic heterocycles. The average Bonchev–Trinajstić information content (AvgIpc) is 3.18. The van der Waals surface area contributed by atoms with Crippen molar-refractivity contribution in [2.75, 3.05) is 54.1 Å². The van der Waals surface area contributed by atoms with Crippen LogP contribution in [0.3, 0.4) is 0 Å². The number of phosphoric acid groups is 1. The Labute approximate surface area is 360 Å². The molecule has 0 radical (unpaired) electrons. The minimum Gasteiger partial charge on any atom is -0.457 e. The number of hydrogen-bond acceptors (Lipinski definition) is 6. The van der Waals surface area contributed by atoms with Crippen LogP contribution < -0.4 is 0 Å². The van der Waals surface area contributed by atoms with Crippen molar-refractivity contribution in [3.05, 3.63) is 24.3 Å². The van der Waals surface area contributed by atoms with Gasteiger partial charge in [0.1, 0.15) is 19.3 Å². The third-order valence-corrected chi connectivity index (χ3v) is 11.7. The second-order valence-electron chi connectivity index (χ2n) is 17.8. The molecule has 9 heteroatoms. The van der Waals surface area contributed by atoms with E-state index in [2.05, 4.69) is 38.2 Å². The van der Waals surface area contributed by atoms with Gasteiger partial charge in [-0.05, 0) is 64.2 Å². The molecule has 0 aromatic carbocycles. The summed E-state index contributed by atoms with van der Waals surface area (Å²) < 4.78 is 35.1. The maximum Gasteiger partial charge on any atom is 0.472 e. The molecule has 0 aliphatic carbocycles. The van der Waals surface area contributed by atoms with Crippen LogP contribution in [-0.4, -0.2) is 75.6 Å². The van der Waals surface area contributed by atoms with Crippen molar-refractivity contribution in [2.24, 2.45) is 0 Å². The zero-order valence-corrected chi connectivity index (χ0v) is 39.9. The molecule has 0 rings (SSSR count). The summed E-state index contributed by atoms with van der Waals surface area (Å²) in [6.45, 7) is 5.63. The summed E-state index contributed by atoms with van der Waals surface area (Å²) in [4.78, 5) is 22.9. The van der Waals surface area contributed by atoms with Gasteiger partial charge in [0.15, 0.2) is 0 Å². The highest BCUT2D eigenvalue weighted by Crippen LogP contribution is 2.43. The van der Waals surface area contributed by atoms with Crippen LogP contribution in [0.5, 0.6) is 0 Å². The molecule has 2 atom stereocenters. The minimum atomic E-state index is -4.28. The molecule has 2 unspecified atom stereocenters. The van der Waals surface area contributed by atoms with E-state index in [4.69, 9.17) is 18.5 Å². The lowest BCUT2D eigenvalue weighted by Crippen LogP contribution is -2.37. The SMILES string of the molecule is CCCCCCC/C=C\CCCCCCCC(=O)OC(COCCCCCCCCCCCC/C=C\CCCCCCCCCC)COP(=O)(O)OCC[N+](C)(C)C. The molecule has 0 fully saturated rings. The van der Waals surface area contributed by atoms with Gasteiger partial charge in [-0.1, -0.05) is 179 Å². The zero-order valence-electron chi connectivity index (χ0n) is 39.0. The molecular weight excluding hydrogens is 746 g/mol. The number of quaternary nitrogens is 1. The van der Waals surface area contributed by atoms with Crippen LogP contribution >= 0.6 is 7.82 Å². The Morgan fingerprint density at radius 2 is 0.897 bits per heavy atom. The van der Waals surface area contributed by atoms with Crippen LogP contribution in [0, 0.1) is 0 Å². The van der Waals surface area contributed by atoms with Crippen molar-refractivity contribution < 1.29 is 37.3 Å². The second kappa shape index (κ2) is 42.7. The van der Waals surface area contributed by atoms with Gasteiger partial charge in [-0.3, -0.25) is 13.8 Å². The number of unbranched alkanes of at least 4 members (excludes halogenated alkanes) is 28. The van der Waals surface area contributed by atoms with Gasteiger partial charge in [0.05, 0.1) is 34.4 Å². The summed E-state index contributed by atoms with van der Waals surface area (Å²) in [6, 6.07) is 0. The second-order valence-corrected chi connectivity index (χ2v) is 19.3. The van der Waals surface area contributed by atoms with E-state index < -0.39 is 13.9 Å². The lowest BCUT2D eigenvalue weighted by atomic mass is 10.1. The maximum atomic E-state index is 12.7. The topological polar surface area (TPSA) is 91.3 Å². The van der Waals surface area contributed by atoms with Crippen LogP contribution in [-0.2, 0) is 27.9 Å². The Hall–Kier alpha value is -1.02. The molecule has 8 nitrogen and oxygen atoms in total. The first-order valence-electron chi connectivity index (χ1n) is 24.6. The lowest BCUT2D eigenvalue weighted by Gasteiger charge is -2.24. The fraction of sp³-hybridized carbons (Fsp3) is 0.898. The van der Waals surface area contributed by atoms with Crippen molar-refractivity contribution in [3.63, 3.8) is 0 Å². The van der Waals surface area contributed by atoms with E-state index in [0.29, 0.717) is 24.1 Å². The minimum absolute atomic E-state index is 0.0883. The molecule has 0 saturated carbocycles. The summed E-state index contributed by atoms with van der Waals surface area (Å²) in [5.74, 6) is -0.320. The number of nitrogens with zero attached hydrogens (tertiary/aromatic N) is 1. The molecule has 0 aliphatic rings. The van der Waals surface area contributed by atoms with Crippen LogP contribution in [0.4, 0.5) is 0 Å². The Morgan fingerprint density at radius 3 is 1.31 bits per heavy atom. The van der Waals surface area contributed by atoms with E-state index in [-0.39, 0.29) is 25.8 Å². The molecule has 0 aromatic rings. The van der Waals surface area contributed by atoms with E-state index in [0.717, 1.165) is 44.9 Å². The first-order chi connectivity index (χ1) is 28.1. The van der Waals surface area contributed by atoms with E-state index >= 15 is 0 Å². The first kappa shape index (κ1) is 57.0. The standard InChI is InChI=1S/C49H96NO7P/c1-6-8-10-12-14-16-18-20-22-23-24-25-26-27-28-29-31-33-35-37-39-41-44-54-46-48(47-56-58(52,53)55-45-43-50(3,4)5)57-49(51)42-40-38-36-34-32-30-21-19-17-15-13-11-9-7-2/h19,21,23-24,48H,6-18,20,22,25-47H2,1-5H3/p+1/b21-19-,24-23-. The molecule has 0 spiro atoms. The van der Waals surface area contributed by atoms with Gasteiger partial charge in [0, 0.05) is 13.0 Å². The normalized spacial score (nSPS) is 13.8. The summed E-state index contributed by atoms with van der Waals surface area (Å²) in [6.07, 6.45) is 49.3. The van der Waals surface area contributed by atoms with E-state index in [1.54, 1.807) is 0 Å². The third kappa shape index (κ3) is 46.1. The highest BCUT2D eigenvalue weighted by Gasteiger charge is 2.26. The highest BCUT2D eigenvalue weighted by atomic mass is 31.2. The molecule has 1 N–H and O–H groups in total. The molecule has 0 saturated heterocycles. The van der Waals surface area contributed by atoms with E-state index in [1.807, 2.05) is 21.1 Å². The van der Waals surface area contributed by atoms with Gasteiger partial charge < -0.3 is 18.9 Å². The maximum absolute atomic E-state index is 12.7. The molecule has 0 bridgehead atoms. The Balaban J connectivity index is 4.12. The smallest absolute Gasteiger partial charge is 0.457 e. The molecule has 0 heterocycles. The fourth-order valence-electron chi connectivity index (χ4n) is 6.90. The number of phosphoric ester groups is 1. The molecule has 0 aromatic heterocycles. The fourth-order valence-corrected chi connectivity index (χ4v) is 7.64. The number of ether oxygens (including phenoxy) is 2. The Morgan fingerprint density at radius 1 is 0.517 bits per heavy atom. The average molecular weight is 843 g/mol. The summed E-state index contributed by atoms with van der Waals surface area (Å²) >= 11 is 0. The van der Waals surface area contributed by atoms with Gasteiger partial charge >= 0.3 is 13.8 Å². The van der Waals surface area contributed by atoms with Crippen LogP contribution in [0.1, 0.15) is 226 Å². The van der Waals surface area contributed by atoms with Crippen molar-refractivity contribution >= 4 is 13.8 Å². The highest BCUT2D eigenvalue weighted by molar-refractivity contribution is 7.47. The monoisotopic (exact) mass is 843 g/mol. The Bertz CT molecular complexity index is 983. The number of likely N-dealkylation sites (N-methyl/N-ethyl adjacent to an activating group) is 1. The molecule has 58 heavy (non-hydrogen) atoms. The number of allylic oxidation sites excluding steroid dienone is 4. The molecule has 0 amide bonds. The van der Waals surface area contributed by atoms with Crippen LogP contribution in [0.25, 0.3) is 0 Å². The summed E-state index contributed by atoms with van der Waals surface area (Å²) in [5.41, 5.74) is 0. The summed E-state index contributed by atoms with van der Waals surface area (Å²) in [7, 11) is 1.67. The van der Waals surface area contributed by atoms with E-state index in [1.165, 1.54) is 161 Å². The van der Waals surface area contributed by atoms with Gasteiger partial charge in [0.25, 0.3) is 0 Å². The number of rotatable bonds is 46. The number of esters is 1. The first-order valence-corrected chi connectivity index (χ1v) is 26.1. The zero-order chi connectivity index (χ0) is 42.7. The predicted molar refractivity (Wildman–Crippen MR) is 247 cm³/mol. The van der Waals surface area contributed by atoms with Crippen molar-refractivity contribution in [2.45, 2.75) is 232 Å². The predicted octanol–water partition coefficient (Wildman–Crippen LogP) is 14.8. The number of hydrogen-bond donors (Lipinski definition) is 1. The third-order valence-electron chi connectivity index (χ3n) is 10.7. The van der Waals surface area contributed by atoms with Crippen molar-refractivity contribution in [1.29, 1.82) is 0 Å². The Kier molecular flexibility index (Phi) is 41.9. The van der Waals surface area contributed by atoms with Crippen molar-refractivity contribution in [1.82, 2.24) is 0 Å². The van der Waals surface area contributed by atoms with Gasteiger partial charge in [-0.2, -0.15) is 0 Å². The number of carbonyl (C=O) groups is 1. The van der Waals surface area contributed by atoms with Gasteiger partial charge in [0.2, 0.25) is 0 Å². The summed E-state index contributed by atoms with van der Waals surface area (Å²) in [5, 5.41) is 0.